The predicted octanol–water partition coefficient (Wildman–Crippen LogP) is 0.0639. The predicted molar refractivity (Wildman–Crippen MR) is 58.1 cm³/mol. The number of hydrogen-bond donors (Lipinski definition) is 2. The Kier molecular flexibility index (Phi) is 1.74. The van der Waals surface area contributed by atoms with Crippen LogP contribution in [-0.2, 0) is 5.54 Å². The number of H-pyrrole nitrogens is 1. The summed E-state index contributed by atoms with van der Waals surface area (Å²) in [6.07, 6.45) is 2.91. The lowest BCUT2D eigenvalue weighted by atomic mass is 9.77. The molecule has 0 aromatic carbocycles. The highest BCUT2D eigenvalue weighted by atomic mass is 16.1. The number of nitrogens with two attached hydrogens (primary N) is 1. The van der Waals surface area contributed by atoms with Gasteiger partial charge >= 0.3 is 0 Å². The van der Waals surface area contributed by atoms with Crippen LogP contribution in [0.4, 0.5) is 0 Å². The van der Waals surface area contributed by atoms with Gasteiger partial charge in [-0.05, 0) is 26.2 Å². The molecule has 0 atom stereocenters. The van der Waals surface area contributed by atoms with Gasteiger partial charge in [0.2, 0.25) is 0 Å². The van der Waals surface area contributed by atoms with Gasteiger partial charge < -0.3 is 5.73 Å². The summed E-state index contributed by atoms with van der Waals surface area (Å²) in [5.74, 6) is 1.06. The molecule has 6 nitrogen and oxygen atoms in total. The van der Waals surface area contributed by atoms with Gasteiger partial charge in [0.1, 0.15) is 5.82 Å². The molecule has 84 valence electrons. The van der Waals surface area contributed by atoms with Crippen molar-refractivity contribution in [2.24, 2.45) is 5.73 Å². The van der Waals surface area contributed by atoms with Crippen molar-refractivity contribution >= 4 is 5.78 Å². The van der Waals surface area contributed by atoms with Crippen LogP contribution in [0.5, 0.6) is 0 Å². The summed E-state index contributed by atoms with van der Waals surface area (Å²) in [6.45, 7) is 1.78. The lowest BCUT2D eigenvalue weighted by Gasteiger charge is -2.35. The molecule has 3 rings (SSSR count). The highest BCUT2D eigenvalue weighted by molar-refractivity contribution is 5.30. The van der Waals surface area contributed by atoms with Crippen molar-refractivity contribution in [2.45, 2.75) is 31.7 Å². The fourth-order valence-corrected chi connectivity index (χ4v) is 2.01. The Morgan fingerprint density at radius 1 is 1.50 bits per heavy atom. The molecule has 6 heteroatoms. The summed E-state index contributed by atoms with van der Waals surface area (Å²) in [4.78, 5) is 20.2. The Labute approximate surface area is 91.5 Å². The van der Waals surface area contributed by atoms with E-state index in [1.807, 2.05) is 0 Å². The first-order valence-electron chi connectivity index (χ1n) is 5.34. The largest absolute Gasteiger partial charge is 0.319 e. The molecule has 3 N–H and O–H groups in total. The van der Waals surface area contributed by atoms with Crippen molar-refractivity contribution in [3.8, 4) is 0 Å². The fourth-order valence-electron chi connectivity index (χ4n) is 2.01. The molecule has 0 bridgehead atoms. The SMILES string of the molecule is Cc1cc(=O)n2[nH]c(C3(N)CCC3)nc2n1. The van der Waals surface area contributed by atoms with Crippen LogP contribution in [0.1, 0.15) is 30.8 Å². The number of fused-ring (bicyclic) bond motifs is 1. The van der Waals surface area contributed by atoms with Crippen molar-refractivity contribution < 1.29 is 0 Å². The Morgan fingerprint density at radius 2 is 2.25 bits per heavy atom. The molecule has 0 spiro atoms. The van der Waals surface area contributed by atoms with E-state index < -0.39 is 5.54 Å². The summed E-state index contributed by atoms with van der Waals surface area (Å²) in [7, 11) is 0. The monoisotopic (exact) mass is 219 g/mol. The van der Waals surface area contributed by atoms with E-state index in [0.29, 0.717) is 17.3 Å². The first kappa shape index (κ1) is 9.53. The van der Waals surface area contributed by atoms with Crippen LogP contribution < -0.4 is 11.3 Å². The maximum atomic E-state index is 11.7. The maximum Gasteiger partial charge on any atom is 0.274 e. The average Bonchev–Trinajstić information content (AvgIpc) is 2.58. The van der Waals surface area contributed by atoms with Crippen molar-refractivity contribution in [2.75, 3.05) is 0 Å². The summed E-state index contributed by atoms with van der Waals surface area (Å²) >= 11 is 0. The van der Waals surface area contributed by atoms with E-state index in [0.717, 1.165) is 19.3 Å². The van der Waals surface area contributed by atoms with E-state index in [2.05, 4.69) is 15.1 Å². The normalized spacial score (nSPS) is 18.6. The van der Waals surface area contributed by atoms with Crippen molar-refractivity contribution in [1.29, 1.82) is 0 Å². The van der Waals surface area contributed by atoms with Gasteiger partial charge in [0.05, 0.1) is 5.54 Å². The number of nitrogens with zero attached hydrogens (tertiary/aromatic N) is 3. The number of aryl methyl sites for hydroxylation is 1. The molecule has 1 saturated carbocycles. The van der Waals surface area contributed by atoms with E-state index in [-0.39, 0.29) is 5.56 Å². The van der Waals surface area contributed by atoms with E-state index in [1.54, 1.807) is 6.92 Å². The number of nitrogens with one attached hydrogen (secondary N) is 1. The number of hydrogen-bond acceptors (Lipinski definition) is 4. The molecule has 0 aliphatic heterocycles. The molecule has 0 radical (unpaired) electrons. The molecular weight excluding hydrogens is 206 g/mol. The van der Waals surface area contributed by atoms with Gasteiger partial charge in [-0.3, -0.25) is 9.89 Å². The standard InChI is InChI=1S/C10H13N5O/c1-6-5-7(16)15-9(12-6)13-8(14-15)10(11)3-2-4-10/h5H,2-4,11H2,1H3,(H,12,13,14). The third-order valence-electron chi connectivity index (χ3n) is 3.18. The topological polar surface area (TPSA) is 89.1 Å². The lowest BCUT2D eigenvalue weighted by Crippen LogP contribution is -2.44. The van der Waals surface area contributed by atoms with Gasteiger partial charge in [0.15, 0.2) is 0 Å². The first-order chi connectivity index (χ1) is 7.58. The molecule has 16 heavy (non-hydrogen) atoms. The minimum absolute atomic E-state index is 0.149. The summed E-state index contributed by atoms with van der Waals surface area (Å²) in [5.41, 5.74) is 6.26. The second-order valence-electron chi connectivity index (χ2n) is 4.45. The van der Waals surface area contributed by atoms with E-state index in [9.17, 15) is 4.79 Å². The fraction of sp³-hybridized carbons (Fsp3) is 0.500. The van der Waals surface area contributed by atoms with Crippen molar-refractivity contribution in [3.05, 3.63) is 27.9 Å². The Morgan fingerprint density at radius 3 is 2.88 bits per heavy atom. The Balaban J connectivity index is 2.23. The second-order valence-corrected chi connectivity index (χ2v) is 4.45. The van der Waals surface area contributed by atoms with Gasteiger partial charge in [0.25, 0.3) is 11.3 Å². The van der Waals surface area contributed by atoms with Crippen molar-refractivity contribution in [1.82, 2.24) is 19.6 Å². The van der Waals surface area contributed by atoms with Gasteiger partial charge in [-0.1, -0.05) is 0 Å². The van der Waals surface area contributed by atoms with Crippen LogP contribution in [0, 0.1) is 6.92 Å². The Bertz CT molecular complexity index is 607. The highest BCUT2D eigenvalue weighted by Gasteiger charge is 2.37. The van der Waals surface area contributed by atoms with Gasteiger partial charge in [-0.15, -0.1) is 0 Å². The molecule has 2 aromatic heterocycles. The molecular formula is C10H13N5O. The van der Waals surface area contributed by atoms with Crippen LogP contribution in [-0.4, -0.2) is 19.6 Å². The average molecular weight is 219 g/mol. The minimum Gasteiger partial charge on any atom is -0.319 e. The van der Waals surface area contributed by atoms with Crippen LogP contribution in [0.3, 0.4) is 0 Å². The lowest BCUT2D eigenvalue weighted by molar-refractivity contribution is 0.238. The molecule has 1 fully saturated rings. The Hall–Kier alpha value is -1.69. The zero-order valence-corrected chi connectivity index (χ0v) is 9.03. The van der Waals surface area contributed by atoms with Gasteiger partial charge in [0, 0.05) is 11.8 Å². The van der Waals surface area contributed by atoms with Crippen LogP contribution in [0.15, 0.2) is 10.9 Å². The zero-order valence-electron chi connectivity index (χ0n) is 9.03. The molecule has 0 amide bonds. The van der Waals surface area contributed by atoms with Crippen LogP contribution >= 0.6 is 0 Å². The van der Waals surface area contributed by atoms with Gasteiger partial charge in [-0.25, -0.2) is 4.98 Å². The zero-order chi connectivity index (χ0) is 11.3. The second kappa shape index (κ2) is 2.91. The highest BCUT2D eigenvalue weighted by Crippen LogP contribution is 2.36. The molecule has 0 unspecified atom stereocenters. The number of aromatic nitrogens is 4. The maximum absolute atomic E-state index is 11.7. The summed E-state index contributed by atoms with van der Waals surface area (Å²) < 4.78 is 1.34. The quantitative estimate of drug-likeness (QED) is 0.710. The van der Waals surface area contributed by atoms with Gasteiger partial charge in [-0.2, -0.15) is 9.50 Å². The third kappa shape index (κ3) is 1.19. The van der Waals surface area contributed by atoms with E-state index in [1.165, 1.54) is 10.6 Å². The number of aromatic amines is 1. The minimum atomic E-state index is -0.395. The van der Waals surface area contributed by atoms with Crippen LogP contribution in [0.2, 0.25) is 0 Å². The molecule has 0 saturated heterocycles. The molecule has 2 heterocycles. The summed E-state index contributed by atoms with van der Waals surface area (Å²) in [6, 6.07) is 1.47. The molecule has 1 aliphatic rings. The van der Waals surface area contributed by atoms with Crippen molar-refractivity contribution in [3.63, 3.8) is 0 Å². The smallest absolute Gasteiger partial charge is 0.274 e. The third-order valence-corrected chi connectivity index (χ3v) is 3.18. The molecule has 1 aliphatic carbocycles. The van der Waals surface area contributed by atoms with E-state index >= 15 is 0 Å². The molecule has 2 aromatic rings. The number of rotatable bonds is 1. The first-order valence-corrected chi connectivity index (χ1v) is 5.34. The van der Waals surface area contributed by atoms with E-state index in [4.69, 9.17) is 5.73 Å². The van der Waals surface area contributed by atoms with Crippen LogP contribution in [0.25, 0.3) is 5.78 Å². The summed E-state index contributed by atoms with van der Waals surface area (Å²) in [5, 5.41) is 2.94.